The fourth-order valence-corrected chi connectivity index (χ4v) is 8.39. The molecule has 266 valence electrons. The van der Waals surface area contributed by atoms with Crippen molar-refractivity contribution in [1.29, 1.82) is 0 Å². The SMILES string of the molecule is C1=CCC(c2cc(-c3cccc(-c4cc5c(c6ccccc46)C(c4ccccc4)=CC(c4ccccc4)N5)c3)cc(-c3cccc(-c4ccccc4)c3)n2)C=C1. The zero-order valence-corrected chi connectivity index (χ0v) is 31.0. The summed E-state index contributed by atoms with van der Waals surface area (Å²) in [5, 5.41) is 6.42. The van der Waals surface area contributed by atoms with Crippen LogP contribution in [0.15, 0.2) is 212 Å². The van der Waals surface area contributed by atoms with Crippen molar-refractivity contribution in [2.24, 2.45) is 0 Å². The van der Waals surface area contributed by atoms with E-state index >= 15 is 0 Å². The van der Waals surface area contributed by atoms with Crippen molar-refractivity contribution in [2.45, 2.75) is 18.4 Å². The molecule has 10 rings (SSSR count). The summed E-state index contributed by atoms with van der Waals surface area (Å²) >= 11 is 0. The summed E-state index contributed by atoms with van der Waals surface area (Å²) in [5.41, 5.74) is 16.4. The molecule has 0 bridgehead atoms. The van der Waals surface area contributed by atoms with Gasteiger partial charge in [-0.25, -0.2) is 0 Å². The van der Waals surface area contributed by atoms with Crippen LogP contribution >= 0.6 is 0 Å². The Morgan fingerprint density at radius 1 is 0.482 bits per heavy atom. The molecule has 1 aliphatic heterocycles. The summed E-state index contributed by atoms with van der Waals surface area (Å²) < 4.78 is 0. The van der Waals surface area contributed by atoms with Crippen LogP contribution in [-0.4, -0.2) is 4.98 Å². The zero-order valence-electron chi connectivity index (χ0n) is 31.0. The van der Waals surface area contributed by atoms with Crippen LogP contribution in [0.2, 0.25) is 0 Å². The lowest BCUT2D eigenvalue weighted by molar-refractivity contribution is 0.818. The molecule has 1 N–H and O–H groups in total. The second kappa shape index (κ2) is 14.7. The molecule has 0 amide bonds. The molecular formula is C54H40N2. The van der Waals surface area contributed by atoms with Gasteiger partial charge in [0.05, 0.1) is 11.7 Å². The second-order valence-corrected chi connectivity index (χ2v) is 14.7. The van der Waals surface area contributed by atoms with Crippen LogP contribution in [0.3, 0.4) is 0 Å². The van der Waals surface area contributed by atoms with Gasteiger partial charge in [0.2, 0.25) is 0 Å². The predicted molar refractivity (Wildman–Crippen MR) is 235 cm³/mol. The monoisotopic (exact) mass is 716 g/mol. The minimum atomic E-state index is 0.0389. The number of fused-ring (bicyclic) bond motifs is 3. The van der Waals surface area contributed by atoms with Crippen LogP contribution in [0.1, 0.15) is 40.8 Å². The minimum absolute atomic E-state index is 0.0389. The van der Waals surface area contributed by atoms with Gasteiger partial charge in [0.1, 0.15) is 0 Å². The average Bonchev–Trinajstić information content (AvgIpc) is 3.29. The van der Waals surface area contributed by atoms with Crippen molar-refractivity contribution in [1.82, 2.24) is 4.98 Å². The van der Waals surface area contributed by atoms with Crippen molar-refractivity contribution in [2.75, 3.05) is 5.32 Å². The van der Waals surface area contributed by atoms with E-state index in [-0.39, 0.29) is 12.0 Å². The number of anilines is 1. The van der Waals surface area contributed by atoms with Gasteiger partial charge in [0, 0.05) is 28.4 Å². The van der Waals surface area contributed by atoms with E-state index in [1.165, 1.54) is 66.4 Å². The molecule has 1 aromatic heterocycles. The Hall–Kier alpha value is -7.03. The van der Waals surface area contributed by atoms with E-state index < -0.39 is 0 Å². The first-order valence-electron chi connectivity index (χ1n) is 19.5. The molecule has 2 heterocycles. The molecule has 0 fully saturated rings. The molecule has 8 aromatic rings. The molecule has 0 spiro atoms. The number of aromatic nitrogens is 1. The normalized spacial score (nSPS) is 15.9. The van der Waals surface area contributed by atoms with Crippen LogP contribution in [0, 0.1) is 0 Å². The van der Waals surface area contributed by atoms with E-state index in [4.69, 9.17) is 4.98 Å². The Morgan fingerprint density at radius 3 is 1.86 bits per heavy atom. The largest absolute Gasteiger partial charge is 0.374 e. The van der Waals surface area contributed by atoms with Gasteiger partial charge in [-0.15, -0.1) is 0 Å². The van der Waals surface area contributed by atoms with Gasteiger partial charge in [-0.3, -0.25) is 4.98 Å². The number of benzene rings is 7. The van der Waals surface area contributed by atoms with Gasteiger partial charge >= 0.3 is 0 Å². The summed E-state index contributed by atoms with van der Waals surface area (Å²) in [6, 6.07) is 65.8. The highest BCUT2D eigenvalue weighted by Gasteiger charge is 2.25. The number of allylic oxidation sites excluding steroid dienone is 4. The maximum Gasteiger partial charge on any atom is 0.0711 e. The highest BCUT2D eigenvalue weighted by Crippen LogP contribution is 2.46. The van der Waals surface area contributed by atoms with E-state index in [0.717, 1.165) is 29.1 Å². The number of hydrogen-bond donors (Lipinski definition) is 1. The maximum absolute atomic E-state index is 5.32. The molecule has 0 saturated heterocycles. The molecular weight excluding hydrogens is 677 g/mol. The lowest BCUT2D eigenvalue weighted by Gasteiger charge is -2.29. The van der Waals surface area contributed by atoms with Crippen LogP contribution < -0.4 is 5.32 Å². The molecule has 2 nitrogen and oxygen atoms in total. The minimum Gasteiger partial charge on any atom is -0.374 e. The number of hydrogen-bond acceptors (Lipinski definition) is 2. The fourth-order valence-electron chi connectivity index (χ4n) is 8.39. The van der Waals surface area contributed by atoms with Crippen LogP contribution in [0.4, 0.5) is 5.69 Å². The second-order valence-electron chi connectivity index (χ2n) is 14.7. The van der Waals surface area contributed by atoms with Crippen LogP contribution in [0.5, 0.6) is 0 Å². The molecule has 0 radical (unpaired) electrons. The molecule has 2 unspecified atom stereocenters. The molecule has 1 aliphatic carbocycles. The molecule has 2 atom stereocenters. The maximum atomic E-state index is 5.32. The van der Waals surface area contributed by atoms with E-state index in [1.54, 1.807) is 0 Å². The number of nitrogens with one attached hydrogen (secondary N) is 1. The average molecular weight is 717 g/mol. The highest BCUT2D eigenvalue weighted by molar-refractivity contribution is 6.10. The first-order chi connectivity index (χ1) is 27.7. The quantitative estimate of drug-likeness (QED) is 0.178. The molecule has 0 saturated carbocycles. The van der Waals surface area contributed by atoms with Crippen molar-refractivity contribution >= 4 is 22.0 Å². The van der Waals surface area contributed by atoms with E-state index in [0.29, 0.717) is 0 Å². The lowest BCUT2D eigenvalue weighted by atomic mass is 9.83. The third-order valence-electron chi connectivity index (χ3n) is 11.2. The van der Waals surface area contributed by atoms with E-state index in [1.807, 2.05) is 0 Å². The van der Waals surface area contributed by atoms with E-state index in [9.17, 15) is 0 Å². The van der Waals surface area contributed by atoms with Crippen LogP contribution in [0.25, 0.3) is 61.0 Å². The number of pyridine rings is 1. The Kier molecular flexibility index (Phi) is 8.78. The van der Waals surface area contributed by atoms with Crippen molar-refractivity contribution in [3.8, 4) is 44.6 Å². The molecule has 2 aliphatic rings. The fraction of sp³-hybridized carbons (Fsp3) is 0.0556. The zero-order chi connectivity index (χ0) is 37.3. The van der Waals surface area contributed by atoms with Crippen molar-refractivity contribution in [3.05, 3.63) is 235 Å². The number of rotatable bonds is 7. The Balaban J connectivity index is 1.11. The summed E-state index contributed by atoms with van der Waals surface area (Å²) in [5.74, 6) is 0.222. The summed E-state index contributed by atoms with van der Waals surface area (Å²) in [4.78, 5) is 5.32. The molecule has 56 heavy (non-hydrogen) atoms. The highest BCUT2D eigenvalue weighted by atomic mass is 14.9. The topological polar surface area (TPSA) is 24.9 Å². The van der Waals surface area contributed by atoms with Gasteiger partial charge in [-0.05, 0) is 104 Å². The Bertz CT molecular complexity index is 2800. The smallest absolute Gasteiger partial charge is 0.0711 e. The first-order valence-corrected chi connectivity index (χ1v) is 19.5. The van der Waals surface area contributed by atoms with Gasteiger partial charge < -0.3 is 5.32 Å². The molecule has 7 aromatic carbocycles. The Morgan fingerprint density at radius 2 is 1.11 bits per heavy atom. The predicted octanol–water partition coefficient (Wildman–Crippen LogP) is 14.1. The lowest BCUT2D eigenvalue weighted by Crippen LogP contribution is -2.15. The molecule has 2 heteroatoms. The summed E-state index contributed by atoms with van der Waals surface area (Å²) in [7, 11) is 0. The van der Waals surface area contributed by atoms with Crippen LogP contribution in [-0.2, 0) is 0 Å². The summed E-state index contributed by atoms with van der Waals surface area (Å²) in [6.45, 7) is 0. The van der Waals surface area contributed by atoms with Gasteiger partial charge in [-0.2, -0.15) is 0 Å². The third-order valence-corrected chi connectivity index (χ3v) is 11.2. The first kappa shape index (κ1) is 33.5. The standard InChI is InChI=1S/C54H40N2/c1-5-17-37(18-6-1)41-25-16-28-44(32-41)51-34-45(33-50(55-51)39-21-9-3-10-22-39)42-26-15-27-43(31-42)48-35-53-54(47-30-14-13-29-46(47)48)49(38-19-7-2-8-20-38)36-52(56-53)40-23-11-4-12-24-40/h1-21,23-36,39,52,56H,22H2. The summed E-state index contributed by atoms with van der Waals surface area (Å²) in [6.07, 6.45) is 12.1. The third kappa shape index (κ3) is 6.46. The van der Waals surface area contributed by atoms with Gasteiger partial charge in [0.25, 0.3) is 0 Å². The van der Waals surface area contributed by atoms with Gasteiger partial charge in [-0.1, -0.05) is 176 Å². The van der Waals surface area contributed by atoms with Crippen molar-refractivity contribution < 1.29 is 0 Å². The van der Waals surface area contributed by atoms with Crippen molar-refractivity contribution in [3.63, 3.8) is 0 Å². The van der Waals surface area contributed by atoms with E-state index in [2.05, 4.69) is 218 Å². The van der Waals surface area contributed by atoms with Gasteiger partial charge in [0.15, 0.2) is 0 Å². The Labute approximate surface area is 328 Å². The number of nitrogens with zero attached hydrogens (tertiary/aromatic N) is 1.